The Bertz CT molecular complexity index is 1310. The molecule has 3 N–H and O–H groups in total. The molecule has 156 valence electrons. The van der Waals surface area contributed by atoms with E-state index in [4.69, 9.17) is 9.88 Å². The molecule has 8 nitrogen and oxygen atoms in total. The molecule has 0 unspecified atom stereocenters. The van der Waals surface area contributed by atoms with Crippen molar-refractivity contribution in [3.8, 4) is 22.9 Å². The summed E-state index contributed by atoms with van der Waals surface area (Å²) >= 11 is 0. The largest absolute Gasteiger partial charge is 0.455 e. The lowest BCUT2D eigenvalue weighted by atomic mass is 10.2. The summed E-state index contributed by atoms with van der Waals surface area (Å²) in [5.41, 5.74) is 2.87. The quantitative estimate of drug-likeness (QED) is 0.471. The zero-order chi connectivity index (χ0) is 21.8. The van der Waals surface area contributed by atoms with Gasteiger partial charge in [-0.15, -0.1) is 0 Å². The number of hydrogen-bond acceptors (Lipinski definition) is 7. The topological polar surface area (TPSA) is 120 Å². The lowest BCUT2D eigenvalue weighted by Gasteiger charge is -2.12. The molecule has 4 rings (SSSR count). The van der Waals surface area contributed by atoms with E-state index in [1.54, 1.807) is 36.7 Å². The zero-order valence-corrected chi connectivity index (χ0v) is 17.4. The molecule has 3 aromatic heterocycles. The van der Waals surface area contributed by atoms with Crippen molar-refractivity contribution in [2.45, 2.75) is 11.8 Å². The Morgan fingerprint density at radius 2 is 1.74 bits per heavy atom. The first-order chi connectivity index (χ1) is 14.9. The first-order valence-electron chi connectivity index (χ1n) is 9.31. The monoisotopic (exact) mass is 433 g/mol. The van der Waals surface area contributed by atoms with Crippen LogP contribution in [0, 0.1) is 6.92 Å². The molecule has 0 aliphatic heterocycles. The maximum absolute atomic E-state index is 11.4. The van der Waals surface area contributed by atoms with Crippen molar-refractivity contribution >= 4 is 21.5 Å². The molecule has 0 spiro atoms. The maximum Gasteiger partial charge on any atom is 0.238 e. The Morgan fingerprint density at radius 3 is 2.45 bits per heavy atom. The van der Waals surface area contributed by atoms with Crippen molar-refractivity contribution < 1.29 is 13.2 Å². The SMILES string of the molecule is Cc1ccc(Oc2ccnc(Nc3ccc(S(N)(=O)=O)cc3)c2)c(-c2ccccn2)n1. The third-order valence-corrected chi connectivity index (χ3v) is 5.25. The molecule has 0 fully saturated rings. The summed E-state index contributed by atoms with van der Waals surface area (Å²) in [7, 11) is -3.74. The highest BCUT2D eigenvalue weighted by Gasteiger charge is 2.12. The summed E-state index contributed by atoms with van der Waals surface area (Å²) in [5.74, 6) is 1.65. The van der Waals surface area contributed by atoms with E-state index in [2.05, 4.69) is 20.3 Å². The number of nitrogens with two attached hydrogens (primary N) is 1. The van der Waals surface area contributed by atoms with Crippen LogP contribution in [-0.4, -0.2) is 23.4 Å². The highest BCUT2D eigenvalue weighted by atomic mass is 32.2. The van der Waals surface area contributed by atoms with Gasteiger partial charge in [-0.1, -0.05) is 6.07 Å². The number of nitrogens with one attached hydrogen (secondary N) is 1. The van der Waals surface area contributed by atoms with Gasteiger partial charge in [-0.3, -0.25) is 4.98 Å². The lowest BCUT2D eigenvalue weighted by molar-refractivity contribution is 0.481. The predicted molar refractivity (Wildman–Crippen MR) is 118 cm³/mol. The molecular formula is C22H19N5O3S. The minimum atomic E-state index is -3.74. The van der Waals surface area contributed by atoms with Crippen LogP contribution in [0.15, 0.2) is 84.0 Å². The first kappa shape index (κ1) is 20.5. The van der Waals surface area contributed by atoms with Crippen molar-refractivity contribution in [3.05, 3.63) is 84.8 Å². The standard InChI is InChI=1S/C22H19N5O3S/c1-15-5-10-20(22(26-15)19-4-2-3-12-24-19)30-17-11-13-25-21(14-17)27-16-6-8-18(9-7-16)31(23,28)29/h2-14H,1H3,(H,25,27)(H2,23,28,29). The fraction of sp³-hybridized carbons (Fsp3) is 0.0455. The van der Waals surface area contributed by atoms with Gasteiger partial charge in [0.15, 0.2) is 5.75 Å². The normalized spacial score (nSPS) is 11.2. The van der Waals surface area contributed by atoms with Crippen LogP contribution in [0.1, 0.15) is 5.69 Å². The van der Waals surface area contributed by atoms with Crippen LogP contribution >= 0.6 is 0 Å². The van der Waals surface area contributed by atoms with E-state index in [9.17, 15) is 8.42 Å². The molecule has 9 heteroatoms. The molecule has 3 heterocycles. The van der Waals surface area contributed by atoms with Crippen molar-refractivity contribution in [3.63, 3.8) is 0 Å². The number of aryl methyl sites for hydroxylation is 1. The van der Waals surface area contributed by atoms with Crippen LogP contribution in [0.4, 0.5) is 11.5 Å². The van der Waals surface area contributed by atoms with Crippen molar-refractivity contribution in [2.24, 2.45) is 5.14 Å². The summed E-state index contributed by atoms with van der Waals surface area (Å²) in [6, 6.07) is 18.9. The van der Waals surface area contributed by atoms with Gasteiger partial charge in [-0.25, -0.2) is 23.5 Å². The van der Waals surface area contributed by atoms with E-state index in [1.807, 2.05) is 37.3 Å². The van der Waals surface area contributed by atoms with E-state index >= 15 is 0 Å². The molecule has 0 aliphatic rings. The van der Waals surface area contributed by atoms with Gasteiger partial charge in [-0.05, 0) is 61.5 Å². The summed E-state index contributed by atoms with van der Waals surface area (Å²) in [6.45, 7) is 1.91. The van der Waals surface area contributed by atoms with E-state index in [0.29, 0.717) is 34.4 Å². The molecule has 0 aliphatic carbocycles. The van der Waals surface area contributed by atoms with Gasteiger partial charge in [0.25, 0.3) is 0 Å². The molecule has 1 aromatic carbocycles. The number of benzene rings is 1. The molecule has 0 saturated heterocycles. The summed E-state index contributed by atoms with van der Waals surface area (Å²) in [4.78, 5) is 13.3. The second kappa shape index (κ2) is 8.50. The number of anilines is 2. The van der Waals surface area contributed by atoms with Gasteiger partial charge in [0, 0.05) is 29.8 Å². The van der Waals surface area contributed by atoms with Gasteiger partial charge in [-0.2, -0.15) is 0 Å². The molecule has 31 heavy (non-hydrogen) atoms. The number of primary sulfonamides is 1. The van der Waals surface area contributed by atoms with Gasteiger partial charge < -0.3 is 10.1 Å². The molecule has 0 saturated carbocycles. The highest BCUT2D eigenvalue weighted by molar-refractivity contribution is 7.89. The minimum Gasteiger partial charge on any atom is -0.455 e. The van der Waals surface area contributed by atoms with Crippen LogP contribution in [0.3, 0.4) is 0 Å². The average Bonchev–Trinajstić information content (AvgIpc) is 2.76. The molecule has 0 amide bonds. The number of hydrogen-bond donors (Lipinski definition) is 2. The first-order valence-corrected chi connectivity index (χ1v) is 10.9. The van der Waals surface area contributed by atoms with Crippen LogP contribution < -0.4 is 15.2 Å². The number of ether oxygens (including phenoxy) is 1. The smallest absolute Gasteiger partial charge is 0.238 e. The molecule has 4 aromatic rings. The van der Waals surface area contributed by atoms with E-state index < -0.39 is 10.0 Å². The van der Waals surface area contributed by atoms with Crippen molar-refractivity contribution in [1.82, 2.24) is 15.0 Å². The van der Waals surface area contributed by atoms with Gasteiger partial charge in [0.2, 0.25) is 10.0 Å². The molecule has 0 bridgehead atoms. The van der Waals surface area contributed by atoms with Gasteiger partial charge >= 0.3 is 0 Å². The maximum atomic E-state index is 11.4. The predicted octanol–water partition coefficient (Wildman–Crippen LogP) is 4.03. The zero-order valence-electron chi connectivity index (χ0n) is 16.6. The van der Waals surface area contributed by atoms with E-state index in [1.165, 1.54) is 12.1 Å². The summed E-state index contributed by atoms with van der Waals surface area (Å²) in [6.07, 6.45) is 3.32. The lowest BCUT2D eigenvalue weighted by Crippen LogP contribution is -2.11. The minimum absolute atomic E-state index is 0.0389. The van der Waals surface area contributed by atoms with Crippen LogP contribution in [0.5, 0.6) is 11.5 Å². The molecule has 0 radical (unpaired) electrons. The van der Waals surface area contributed by atoms with E-state index in [-0.39, 0.29) is 4.90 Å². The van der Waals surface area contributed by atoms with Crippen LogP contribution in [-0.2, 0) is 10.0 Å². The van der Waals surface area contributed by atoms with Crippen molar-refractivity contribution in [2.75, 3.05) is 5.32 Å². The summed E-state index contributed by atoms with van der Waals surface area (Å²) in [5, 5.41) is 8.24. The Morgan fingerprint density at radius 1 is 0.935 bits per heavy atom. The Kier molecular flexibility index (Phi) is 5.61. The Balaban J connectivity index is 1.57. The fourth-order valence-electron chi connectivity index (χ4n) is 2.86. The molecular weight excluding hydrogens is 414 g/mol. The fourth-order valence-corrected chi connectivity index (χ4v) is 3.37. The van der Waals surface area contributed by atoms with Crippen LogP contribution in [0.25, 0.3) is 11.4 Å². The number of rotatable bonds is 6. The Hall–Kier alpha value is -3.82. The van der Waals surface area contributed by atoms with Gasteiger partial charge in [0.1, 0.15) is 17.3 Å². The summed E-state index contributed by atoms with van der Waals surface area (Å²) < 4.78 is 28.9. The Labute approximate surface area is 179 Å². The molecule has 0 atom stereocenters. The van der Waals surface area contributed by atoms with E-state index in [0.717, 1.165) is 5.69 Å². The number of sulfonamides is 1. The third kappa shape index (κ3) is 5.03. The van der Waals surface area contributed by atoms with Crippen LogP contribution in [0.2, 0.25) is 0 Å². The number of pyridine rings is 3. The van der Waals surface area contributed by atoms with Crippen molar-refractivity contribution in [1.29, 1.82) is 0 Å². The van der Waals surface area contributed by atoms with Gasteiger partial charge in [0.05, 0.1) is 10.6 Å². The second-order valence-electron chi connectivity index (χ2n) is 6.69. The highest BCUT2D eigenvalue weighted by Crippen LogP contribution is 2.32. The third-order valence-electron chi connectivity index (χ3n) is 4.32. The average molecular weight is 433 g/mol. The number of aromatic nitrogens is 3. The number of nitrogens with zero attached hydrogens (tertiary/aromatic N) is 3. The second-order valence-corrected chi connectivity index (χ2v) is 8.25.